The molecule has 1 N–H and O–H groups in total. The van der Waals surface area contributed by atoms with Gasteiger partial charge in [-0.05, 0) is 25.0 Å². The molecule has 0 saturated heterocycles. The molecule has 0 aliphatic heterocycles. The number of Topliss-reactive ketones (excluding diaryl/α,β-unsaturated/α-hetero) is 1. The highest BCUT2D eigenvalue weighted by atomic mass is 16.5. The third kappa shape index (κ3) is 3.85. The lowest BCUT2D eigenvalue weighted by Gasteiger charge is -2.23. The molecular weight excluding hydrogens is 280 g/mol. The van der Waals surface area contributed by atoms with Crippen LogP contribution in [-0.2, 0) is 4.79 Å². The number of ketones is 1. The van der Waals surface area contributed by atoms with Crippen molar-refractivity contribution in [3.05, 3.63) is 29.8 Å². The Hall–Kier alpha value is -2.35. The Morgan fingerprint density at radius 1 is 1.32 bits per heavy atom. The number of rotatable bonds is 5. The molecule has 1 aliphatic carbocycles. The molecular formula is C17H20N2O3. The van der Waals surface area contributed by atoms with Gasteiger partial charge in [-0.1, -0.05) is 31.4 Å². The van der Waals surface area contributed by atoms with Crippen LogP contribution in [0.4, 0.5) is 0 Å². The van der Waals surface area contributed by atoms with E-state index in [1.807, 2.05) is 6.07 Å². The fourth-order valence-electron chi connectivity index (χ4n) is 2.71. The van der Waals surface area contributed by atoms with Gasteiger partial charge in [0.15, 0.2) is 11.7 Å². The molecule has 1 fully saturated rings. The van der Waals surface area contributed by atoms with Crippen molar-refractivity contribution in [3.8, 4) is 11.8 Å². The lowest BCUT2D eigenvalue weighted by atomic mass is 9.93. The van der Waals surface area contributed by atoms with Gasteiger partial charge in [0.1, 0.15) is 5.75 Å². The highest BCUT2D eigenvalue weighted by molar-refractivity contribution is 6.12. The maximum atomic E-state index is 12.4. The molecule has 1 amide bonds. The standard InChI is InChI=1S/C17H20N2O3/c1-22-14-9-5-6-12(10-14)16(20)15(11-18)17(21)19-13-7-3-2-4-8-13/h5-6,9-10,13,15H,2-4,7-8H2,1H3,(H,19,21)/t15-/m1/s1. The van der Waals surface area contributed by atoms with E-state index >= 15 is 0 Å². The minimum Gasteiger partial charge on any atom is -0.497 e. The van der Waals surface area contributed by atoms with Crippen molar-refractivity contribution >= 4 is 11.7 Å². The molecule has 1 aromatic carbocycles. The molecule has 2 rings (SSSR count). The van der Waals surface area contributed by atoms with Crippen LogP contribution in [-0.4, -0.2) is 24.8 Å². The van der Waals surface area contributed by atoms with E-state index in [0.29, 0.717) is 11.3 Å². The van der Waals surface area contributed by atoms with Crippen LogP contribution < -0.4 is 10.1 Å². The summed E-state index contributed by atoms with van der Waals surface area (Å²) in [6.45, 7) is 0. The minimum absolute atomic E-state index is 0.0789. The fraction of sp³-hybridized carbons (Fsp3) is 0.471. The summed E-state index contributed by atoms with van der Waals surface area (Å²) in [5.74, 6) is -1.78. The molecule has 0 bridgehead atoms. The molecule has 0 spiro atoms. The number of methoxy groups -OCH3 is 1. The van der Waals surface area contributed by atoms with Gasteiger partial charge in [0.05, 0.1) is 13.2 Å². The van der Waals surface area contributed by atoms with Crippen molar-refractivity contribution in [2.24, 2.45) is 5.92 Å². The van der Waals surface area contributed by atoms with Crippen LogP contribution in [0.3, 0.4) is 0 Å². The zero-order valence-electron chi connectivity index (χ0n) is 12.7. The average Bonchev–Trinajstić information content (AvgIpc) is 2.56. The number of carbonyl (C=O) groups is 2. The van der Waals surface area contributed by atoms with Crippen molar-refractivity contribution in [2.75, 3.05) is 7.11 Å². The average molecular weight is 300 g/mol. The van der Waals surface area contributed by atoms with E-state index in [-0.39, 0.29) is 6.04 Å². The van der Waals surface area contributed by atoms with E-state index < -0.39 is 17.6 Å². The van der Waals surface area contributed by atoms with Crippen molar-refractivity contribution in [1.29, 1.82) is 5.26 Å². The molecule has 1 atom stereocenters. The summed E-state index contributed by atoms with van der Waals surface area (Å²) in [5, 5.41) is 12.1. The Balaban J connectivity index is 2.07. The van der Waals surface area contributed by atoms with Gasteiger partial charge in [-0.2, -0.15) is 5.26 Å². The molecule has 5 nitrogen and oxygen atoms in total. The number of hydrogen-bond acceptors (Lipinski definition) is 4. The summed E-state index contributed by atoms with van der Waals surface area (Å²) >= 11 is 0. The highest BCUT2D eigenvalue weighted by Gasteiger charge is 2.29. The van der Waals surface area contributed by atoms with Crippen LogP contribution in [0.1, 0.15) is 42.5 Å². The van der Waals surface area contributed by atoms with Gasteiger partial charge in [0.25, 0.3) is 0 Å². The van der Waals surface area contributed by atoms with Gasteiger partial charge in [-0.15, -0.1) is 0 Å². The first-order valence-corrected chi connectivity index (χ1v) is 7.54. The fourth-order valence-corrected chi connectivity index (χ4v) is 2.71. The van der Waals surface area contributed by atoms with Gasteiger partial charge >= 0.3 is 0 Å². The Morgan fingerprint density at radius 3 is 2.68 bits per heavy atom. The summed E-state index contributed by atoms with van der Waals surface area (Å²) in [6.07, 6.45) is 5.16. The highest BCUT2D eigenvalue weighted by Crippen LogP contribution is 2.19. The van der Waals surface area contributed by atoms with Crippen LogP contribution in [0.25, 0.3) is 0 Å². The lowest BCUT2D eigenvalue weighted by molar-refractivity contribution is -0.123. The number of amides is 1. The Bertz CT molecular complexity index is 586. The van der Waals surface area contributed by atoms with Crippen LogP contribution in [0.15, 0.2) is 24.3 Å². The molecule has 1 aliphatic rings. The van der Waals surface area contributed by atoms with Crippen LogP contribution in [0.5, 0.6) is 5.75 Å². The molecule has 1 aromatic rings. The maximum absolute atomic E-state index is 12.4. The minimum atomic E-state index is -1.31. The molecule has 0 heterocycles. The van der Waals surface area contributed by atoms with Crippen LogP contribution in [0.2, 0.25) is 0 Å². The Labute approximate surface area is 130 Å². The second-order valence-electron chi connectivity index (χ2n) is 5.50. The molecule has 22 heavy (non-hydrogen) atoms. The first-order valence-electron chi connectivity index (χ1n) is 7.54. The van der Waals surface area contributed by atoms with E-state index in [1.54, 1.807) is 24.3 Å². The quantitative estimate of drug-likeness (QED) is 0.669. The summed E-state index contributed by atoms with van der Waals surface area (Å²) in [6, 6.07) is 8.41. The first-order chi connectivity index (χ1) is 10.7. The van der Waals surface area contributed by atoms with Crippen LogP contribution >= 0.6 is 0 Å². The van der Waals surface area contributed by atoms with Gasteiger partial charge in [0, 0.05) is 11.6 Å². The topological polar surface area (TPSA) is 79.2 Å². The van der Waals surface area contributed by atoms with E-state index in [4.69, 9.17) is 4.74 Å². The van der Waals surface area contributed by atoms with Crippen molar-refractivity contribution in [1.82, 2.24) is 5.32 Å². The largest absolute Gasteiger partial charge is 0.497 e. The summed E-state index contributed by atoms with van der Waals surface area (Å²) < 4.78 is 5.06. The van der Waals surface area contributed by atoms with E-state index in [9.17, 15) is 14.9 Å². The lowest BCUT2D eigenvalue weighted by Crippen LogP contribution is -2.42. The van der Waals surface area contributed by atoms with Gasteiger partial charge in [-0.25, -0.2) is 0 Å². The van der Waals surface area contributed by atoms with E-state index in [1.165, 1.54) is 13.5 Å². The van der Waals surface area contributed by atoms with Gasteiger partial charge in [0.2, 0.25) is 5.91 Å². The number of benzene rings is 1. The number of ether oxygens (including phenoxy) is 1. The molecule has 5 heteroatoms. The van der Waals surface area contributed by atoms with Crippen molar-refractivity contribution in [2.45, 2.75) is 38.1 Å². The predicted octanol–water partition coefficient (Wildman–Crippen LogP) is 2.47. The first kappa shape index (κ1) is 16.0. The van der Waals surface area contributed by atoms with Crippen molar-refractivity contribution < 1.29 is 14.3 Å². The molecule has 116 valence electrons. The second kappa shape index (κ2) is 7.60. The van der Waals surface area contributed by atoms with Gasteiger partial charge in [-0.3, -0.25) is 9.59 Å². The number of nitriles is 1. The normalized spacial score (nSPS) is 16.4. The summed E-state index contributed by atoms with van der Waals surface area (Å²) in [7, 11) is 1.50. The van der Waals surface area contributed by atoms with E-state index in [2.05, 4.69) is 5.32 Å². The Morgan fingerprint density at radius 2 is 2.05 bits per heavy atom. The second-order valence-corrected chi connectivity index (χ2v) is 5.50. The zero-order chi connectivity index (χ0) is 15.9. The number of carbonyl (C=O) groups excluding carboxylic acids is 2. The third-order valence-corrected chi connectivity index (χ3v) is 3.96. The van der Waals surface area contributed by atoms with Crippen LogP contribution in [0, 0.1) is 17.2 Å². The van der Waals surface area contributed by atoms with Crippen molar-refractivity contribution in [3.63, 3.8) is 0 Å². The summed E-state index contributed by atoms with van der Waals surface area (Å²) in [5.41, 5.74) is 0.310. The molecule has 0 unspecified atom stereocenters. The maximum Gasteiger partial charge on any atom is 0.245 e. The third-order valence-electron chi connectivity index (χ3n) is 3.96. The number of nitrogens with zero attached hydrogens (tertiary/aromatic N) is 1. The molecule has 1 saturated carbocycles. The number of nitrogens with one attached hydrogen (secondary N) is 1. The SMILES string of the molecule is COc1cccc(C(=O)[C@@H](C#N)C(=O)NC2CCCCC2)c1. The zero-order valence-corrected chi connectivity index (χ0v) is 12.7. The number of hydrogen-bond donors (Lipinski definition) is 1. The summed E-state index contributed by atoms with van der Waals surface area (Å²) in [4.78, 5) is 24.6. The Kier molecular flexibility index (Phi) is 5.54. The molecule has 0 aromatic heterocycles. The monoisotopic (exact) mass is 300 g/mol. The predicted molar refractivity (Wildman–Crippen MR) is 81.4 cm³/mol. The smallest absolute Gasteiger partial charge is 0.245 e. The van der Waals surface area contributed by atoms with E-state index in [0.717, 1.165) is 25.7 Å². The van der Waals surface area contributed by atoms with Gasteiger partial charge < -0.3 is 10.1 Å². The molecule has 0 radical (unpaired) electrons.